The maximum atomic E-state index is 12.2. The van der Waals surface area contributed by atoms with Crippen molar-refractivity contribution < 1.29 is 23.9 Å². The van der Waals surface area contributed by atoms with Crippen LogP contribution in [0.4, 0.5) is 16.2 Å². The van der Waals surface area contributed by atoms with Gasteiger partial charge in [0.2, 0.25) is 0 Å². The highest BCUT2D eigenvalue weighted by Gasteiger charge is 2.22. The number of nitrogens with zero attached hydrogens (tertiary/aromatic N) is 2. The van der Waals surface area contributed by atoms with E-state index >= 15 is 0 Å². The lowest BCUT2D eigenvalue weighted by Gasteiger charge is -2.19. The first-order valence-corrected chi connectivity index (χ1v) is 9.10. The number of ether oxygens (including phenoxy) is 1. The van der Waals surface area contributed by atoms with E-state index in [0.717, 1.165) is 18.2 Å². The third-order valence-corrected chi connectivity index (χ3v) is 4.41. The summed E-state index contributed by atoms with van der Waals surface area (Å²) in [6.07, 6.45) is 0.425. The van der Waals surface area contributed by atoms with E-state index in [9.17, 15) is 29.6 Å². The topological polar surface area (TPSA) is 148 Å². The second-order valence-corrected chi connectivity index (χ2v) is 7.96. The molecule has 0 saturated heterocycles. The number of hydrogen-bond acceptors (Lipinski definition) is 7. The maximum absolute atomic E-state index is 12.2. The molecule has 11 heteroatoms. The number of non-ortho nitro benzene ring substituents is 2. The molecule has 0 aliphatic carbocycles. The summed E-state index contributed by atoms with van der Waals surface area (Å²) in [7, 11) is 0. The molecule has 1 atom stereocenters. The summed E-state index contributed by atoms with van der Waals surface area (Å²) in [6.45, 7) is 5.55. The molecule has 0 saturated carbocycles. The summed E-state index contributed by atoms with van der Waals surface area (Å²) in [5.74, 6) is 0.161. The zero-order chi connectivity index (χ0) is 19.9. The molecule has 1 aromatic carbocycles. The Labute approximate surface area is 153 Å². The van der Waals surface area contributed by atoms with Crippen molar-refractivity contribution in [2.45, 2.75) is 44.1 Å². The molecule has 10 nitrogen and oxygen atoms in total. The van der Waals surface area contributed by atoms with Crippen molar-refractivity contribution in [2.24, 2.45) is 0 Å². The van der Waals surface area contributed by atoms with Gasteiger partial charge in [0.15, 0.2) is 4.90 Å². The number of nitro benzene ring substituents is 2. The van der Waals surface area contributed by atoms with Gasteiger partial charge in [-0.05, 0) is 44.8 Å². The van der Waals surface area contributed by atoms with Crippen molar-refractivity contribution in [3.63, 3.8) is 0 Å². The fourth-order valence-corrected chi connectivity index (χ4v) is 3.10. The molecule has 0 aromatic heterocycles. The first kappa shape index (κ1) is 21.6. The normalized spacial score (nSPS) is 12.3. The fourth-order valence-electron chi connectivity index (χ4n) is 1.89. The predicted octanol–water partition coefficient (Wildman–Crippen LogP) is 2.92. The summed E-state index contributed by atoms with van der Waals surface area (Å²) in [4.78, 5) is 31.7. The number of carbonyl (C=O) groups is 1. The summed E-state index contributed by atoms with van der Waals surface area (Å²) < 4.78 is 17.3. The van der Waals surface area contributed by atoms with Gasteiger partial charge < -0.3 is 14.6 Å². The molecule has 0 bridgehead atoms. The fraction of sp³-hybridized carbons (Fsp3) is 0.533. The van der Waals surface area contributed by atoms with Crippen LogP contribution in [0.15, 0.2) is 23.1 Å². The number of nitro groups is 2. The molecule has 0 radical (unpaired) electrons. The van der Waals surface area contributed by atoms with E-state index < -0.39 is 44.1 Å². The molecule has 0 heterocycles. The Kier molecular flexibility index (Phi) is 7.77. The van der Waals surface area contributed by atoms with Gasteiger partial charge in [-0.1, -0.05) is 0 Å². The highest BCUT2D eigenvalue weighted by molar-refractivity contribution is 7.91. The molecule has 26 heavy (non-hydrogen) atoms. The van der Waals surface area contributed by atoms with E-state index in [2.05, 4.69) is 5.32 Å². The molecule has 1 aromatic rings. The van der Waals surface area contributed by atoms with Gasteiger partial charge in [0.25, 0.3) is 11.4 Å². The van der Waals surface area contributed by atoms with Gasteiger partial charge in [0, 0.05) is 6.54 Å². The van der Waals surface area contributed by atoms with Crippen molar-refractivity contribution >= 4 is 28.6 Å². The second kappa shape index (κ2) is 9.34. The average molecular weight is 387 g/mol. The largest absolute Gasteiger partial charge is 0.611 e. The first-order valence-electron chi connectivity index (χ1n) is 7.78. The van der Waals surface area contributed by atoms with Crippen LogP contribution < -0.4 is 5.32 Å². The zero-order valence-electron chi connectivity index (χ0n) is 14.7. The Bertz CT molecular complexity index is 643. The lowest BCUT2D eigenvalue weighted by Crippen LogP contribution is -2.33. The zero-order valence-corrected chi connectivity index (χ0v) is 15.5. The van der Waals surface area contributed by atoms with E-state index in [1.165, 1.54) is 0 Å². The molecule has 0 aliphatic heterocycles. The third kappa shape index (κ3) is 7.66. The third-order valence-electron chi connectivity index (χ3n) is 2.99. The number of nitrogens with one attached hydrogen (secondary N) is 1. The van der Waals surface area contributed by atoms with Crippen LogP contribution >= 0.6 is 0 Å². The predicted molar refractivity (Wildman–Crippen MR) is 94.5 cm³/mol. The van der Waals surface area contributed by atoms with E-state index in [1.807, 2.05) is 0 Å². The van der Waals surface area contributed by atoms with Crippen LogP contribution in [0.1, 0.15) is 33.6 Å². The Morgan fingerprint density at radius 2 is 1.65 bits per heavy atom. The number of carbonyl (C=O) groups excluding carboxylic acids is 1. The number of rotatable bonds is 8. The standard InChI is InChI=1S/C15H21N3O7S/c1-15(2,3)25-14(19)16-6-4-5-7-26(24)13-9-11(17(20)21)8-12(10-13)18(22)23/h8-10H,4-7H2,1-3H3,(H,16,19). The van der Waals surface area contributed by atoms with Crippen LogP contribution in [-0.2, 0) is 15.9 Å². The lowest BCUT2D eigenvalue weighted by atomic mass is 10.2. The summed E-state index contributed by atoms with van der Waals surface area (Å²) in [5, 5.41) is 24.3. The Balaban J connectivity index is 2.53. The average Bonchev–Trinajstić information content (AvgIpc) is 2.52. The van der Waals surface area contributed by atoms with Crippen LogP contribution in [0.2, 0.25) is 0 Å². The van der Waals surface area contributed by atoms with Gasteiger partial charge in [-0.2, -0.15) is 0 Å². The minimum atomic E-state index is -1.62. The summed E-state index contributed by atoms with van der Waals surface area (Å²) in [6, 6.07) is 2.97. The molecule has 144 valence electrons. The molecule has 1 amide bonds. The van der Waals surface area contributed by atoms with Crippen LogP contribution in [-0.4, -0.2) is 38.4 Å². The van der Waals surface area contributed by atoms with Gasteiger partial charge in [-0.3, -0.25) is 20.2 Å². The Morgan fingerprint density at radius 3 is 2.12 bits per heavy atom. The van der Waals surface area contributed by atoms with Gasteiger partial charge in [-0.15, -0.1) is 0 Å². The Hall–Kier alpha value is -2.40. The van der Waals surface area contributed by atoms with Gasteiger partial charge >= 0.3 is 6.09 Å². The van der Waals surface area contributed by atoms with E-state index in [1.54, 1.807) is 20.8 Å². The van der Waals surface area contributed by atoms with Crippen LogP contribution in [0, 0.1) is 20.2 Å². The number of unbranched alkanes of at least 4 members (excludes halogenated alkanes) is 1. The monoisotopic (exact) mass is 387 g/mol. The minimum Gasteiger partial charge on any atom is -0.611 e. The molecule has 0 aliphatic rings. The minimum absolute atomic E-state index is 0.0333. The SMILES string of the molecule is CC(C)(C)OC(=O)NCCCC[S+]([O-])c1cc([N+](=O)[O-])cc([N+](=O)[O-])c1. The van der Waals surface area contributed by atoms with Crippen LogP contribution in [0.25, 0.3) is 0 Å². The molecule has 1 unspecified atom stereocenters. The quantitative estimate of drug-likeness (QED) is 0.312. The number of amides is 1. The van der Waals surface area contributed by atoms with E-state index in [4.69, 9.17) is 4.74 Å². The van der Waals surface area contributed by atoms with Gasteiger partial charge in [-0.25, -0.2) is 4.79 Å². The van der Waals surface area contributed by atoms with Crippen LogP contribution in [0.5, 0.6) is 0 Å². The van der Waals surface area contributed by atoms with Crippen molar-refractivity contribution in [2.75, 3.05) is 12.3 Å². The second-order valence-electron chi connectivity index (χ2n) is 6.38. The van der Waals surface area contributed by atoms with Gasteiger partial charge in [0.1, 0.15) is 11.4 Å². The highest BCUT2D eigenvalue weighted by Crippen LogP contribution is 2.26. The van der Waals surface area contributed by atoms with Crippen molar-refractivity contribution in [1.82, 2.24) is 5.32 Å². The molecular weight excluding hydrogens is 366 g/mol. The van der Waals surface area contributed by atoms with Crippen molar-refractivity contribution in [3.8, 4) is 0 Å². The molecule has 1 rings (SSSR count). The maximum Gasteiger partial charge on any atom is 0.407 e. The number of benzene rings is 1. The molecule has 1 N–H and O–H groups in total. The molecular formula is C15H21N3O7S. The highest BCUT2D eigenvalue weighted by atomic mass is 32.2. The van der Waals surface area contributed by atoms with Crippen LogP contribution in [0.3, 0.4) is 0 Å². The molecule has 0 fully saturated rings. The smallest absolute Gasteiger partial charge is 0.407 e. The van der Waals surface area contributed by atoms with E-state index in [0.29, 0.717) is 19.4 Å². The van der Waals surface area contributed by atoms with Gasteiger partial charge in [0.05, 0.1) is 28.0 Å². The summed E-state index contributed by atoms with van der Waals surface area (Å²) in [5.41, 5.74) is -1.55. The number of hydrogen-bond donors (Lipinski definition) is 1. The van der Waals surface area contributed by atoms with Crippen molar-refractivity contribution in [3.05, 3.63) is 38.4 Å². The van der Waals surface area contributed by atoms with E-state index in [-0.39, 0.29) is 10.6 Å². The first-order chi connectivity index (χ1) is 12.0. The lowest BCUT2D eigenvalue weighted by molar-refractivity contribution is -0.394. The molecule has 0 spiro atoms. The summed E-state index contributed by atoms with van der Waals surface area (Å²) >= 11 is -1.62. The van der Waals surface area contributed by atoms with Crippen molar-refractivity contribution in [1.29, 1.82) is 0 Å². The number of alkyl carbamates (subject to hydrolysis) is 1. The Morgan fingerprint density at radius 1 is 1.12 bits per heavy atom.